The second-order valence-corrected chi connectivity index (χ2v) is 6.21. The lowest BCUT2D eigenvalue weighted by molar-refractivity contribution is -0.122. The smallest absolute Gasteiger partial charge is 0.234 e. The van der Waals surface area contributed by atoms with Gasteiger partial charge in [0.05, 0.1) is 12.1 Å². The van der Waals surface area contributed by atoms with E-state index in [1.165, 1.54) is 5.56 Å². The van der Waals surface area contributed by atoms with Gasteiger partial charge in [-0.1, -0.05) is 24.3 Å². The highest BCUT2D eigenvalue weighted by Gasteiger charge is 2.17. The number of fused-ring (bicyclic) bond motifs is 1. The van der Waals surface area contributed by atoms with Gasteiger partial charge in [-0.25, -0.2) is 0 Å². The zero-order chi connectivity index (χ0) is 16.1. The molecule has 0 spiro atoms. The number of hydrogen-bond acceptors (Lipinski definition) is 4. The molecule has 130 valence electrons. The molecule has 1 aromatic heterocycles. The van der Waals surface area contributed by atoms with Gasteiger partial charge in [0.15, 0.2) is 0 Å². The number of pyridine rings is 1. The van der Waals surface area contributed by atoms with E-state index in [1.54, 1.807) is 0 Å². The molecular weight excluding hydrogens is 324 g/mol. The van der Waals surface area contributed by atoms with Crippen LogP contribution in [0.4, 0.5) is 0 Å². The third-order valence-corrected chi connectivity index (χ3v) is 4.43. The summed E-state index contributed by atoms with van der Waals surface area (Å²) in [6, 6.07) is 10.5. The van der Waals surface area contributed by atoms with Crippen LogP contribution in [-0.2, 0) is 11.2 Å². The van der Waals surface area contributed by atoms with Gasteiger partial charge in [-0.2, -0.15) is 0 Å². The Labute approximate surface area is 149 Å². The Kier molecular flexibility index (Phi) is 6.97. The van der Waals surface area contributed by atoms with Crippen molar-refractivity contribution in [3.8, 4) is 0 Å². The number of rotatable bonds is 5. The van der Waals surface area contributed by atoms with Gasteiger partial charge < -0.3 is 11.1 Å². The normalized spacial score (nSPS) is 15.9. The number of nitrogens with two attached hydrogens (primary N) is 1. The molecule has 0 atom stereocenters. The average molecular weight is 349 g/mol. The molecule has 0 bridgehead atoms. The number of likely N-dealkylation sites (tertiary alicyclic amines) is 1. The lowest BCUT2D eigenvalue weighted by Crippen LogP contribution is -2.44. The van der Waals surface area contributed by atoms with Gasteiger partial charge in [-0.15, -0.1) is 12.4 Å². The number of nitrogens with zero attached hydrogens (tertiary/aromatic N) is 2. The molecule has 6 heteroatoms. The highest BCUT2D eigenvalue weighted by molar-refractivity contribution is 5.85. The molecule has 3 rings (SSSR count). The molecule has 24 heavy (non-hydrogen) atoms. The summed E-state index contributed by atoms with van der Waals surface area (Å²) in [5.41, 5.74) is 8.08. The van der Waals surface area contributed by atoms with Crippen LogP contribution in [0.1, 0.15) is 18.4 Å². The first-order valence-electron chi connectivity index (χ1n) is 8.29. The van der Waals surface area contributed by atoms with E-state index in [4.69, 9.17) is 5.73 Å². The first kappa shape index (κ1) is 18.6. The Balaban J connectivity index is 0.00000208. The highest BCUT2D eigenvalue weighted by atomic mass is 35.5. The van der Waals surface area contributed by atoms with Crippen molar-refractivity contribution in [3.63, 3.8) is 0 Å². The van der Waals surface area contributed by atoms with Gasteiger partial charge in [-0.3, -0.25) is 14.7 Å². The first-order chi connectivity index (χ1) is 11.2. The number of benzene rings is 1. The molecule has 1 saturated heterocycles. The van der Waals surface area contributed by atoms with E-state index in [1.807, 2.05) is 18.3 Å². The minimum Gasteiger partial charge on any atom is -0.355 e. The summed E-state index contributed by atoms with van der Waals surface area (Å²) in [6.45, 7) is 2.95. The molecule has 0 unspecified atom stereocenters. The molecule has 0 radical (unpaired) electrons. The Morgan fingerprint density at radius 1 is 1.25 bits per heavy atom. The molecular formula is C18H25ClN4O. The van der Waals surface area contributed by atoms with E-state index in [0.717, 1.165) is 43.3 Å². The van der Waals surface area contributed by atoms with Gasteiger partial charge in [0.25, 0.3) is 0 Å². The molecule has 1 fully saturated rings. The van der Waals surface area contributed by atoms with E-state index < -0.39 is 0 Å². The Bertz CT molecular complexity index is 666. The number of aromatic nitrogens is 1. The second kappa shape index (κ2) is 8.97. The molecule has 2 heterocycles. The van der Waals surface area contributed by atoms with E-state index in [-0.39, 0.29) is 18.3 Å². The van der Waals surface area contributed by atoms with Crippen molar-refractivity contribution >= 4 is 29.2 Å². The minimum absolute atomic E-state index is 0. The molecule has 1 aliphatic rings. The van der Waals surface area contributed by atoms with Crippen molar-refractivity contribution in [1.82, 2.24) is 15.2 Å². The molecule has 0 saturated carbocycles. The van der Waals surface area contributed by atoms with E-state index in [2.05, 4.69) is 33.4 Å². The van der Waals surface area contributed by atoms with Crippen molar-refractivity contribution in [2.75, 3.05) is 26.2 Å². The number of nitrogens with one attached hydrogen (secondary N) is 1. The van der Waals surface area contributed by atoms with Crippen LogP contribution in [0.2, 0.25) is 0 Å². The number of halogens is 1. The summed E-state index contributed by atoms with van der Waals surface area (Å²) < 4.78 is 0. The van der Waals surface area contributed by atoms with Crippen LogP contribution in [0.5, 0.6) is 0 Å². The predicted molar refractivity (Wildman–Crippen MR) is 99.4 cm³/mol. The number of piperidine rings is 1. The highest BCUT2D eigenvalue weighted by Crippen LogP contribution is 2.16. The fraction of sp³-hybridized carbons (Fsp3) is 0.444. The van der Waals surface area contributed by atoms with Crippen LogP contribution in [0.3, 0.4) is 0 Å². The summed E-state index contributed by atoms with van der Waals surface area (Å²) in [6.07, 6.45) is 4.57. The number of carbonyl (C=O) groups excluding carboxylic acids is 1. The van der Waals surface area contributed by atoms with Gasteiger partial charge in [-0.05, 0) is 30.9 Å². The van der Waals surface area contributed by atoms with Gasteiger partial charge in [0, 0.05) is 37.3 Å². The quantitative estimate of drug-likeness (QED) is 0.863. The fourth-order valence-corrected chi connectivity index (χ4v) is 3.08. The third-order valence-electron chi connectivity index (χ3n) is 4.43. The van der Waals surface area contributed by atoms with Crippen LogP contribution in [0, 0.1) is 0 Å². The van der Waals surface area contributed by atoms with E-state index in [9.17, 15) is 4.79 Å². The number of para-hydroxylation sites is 1. The molecule has 5 nitrogen and oxygen atoms in total. The summed E-state index contributed by atoms with van der Waals surface area (Å²) in [5, 5.41) is 4.15. The first-order valence-corrected chi connectivity index (χ1v) is 8.29. The zero-order valence-corrected chi connectivity index (χ0v) is 14.6. The summed E-state index contributed by atoms with van der Waals surface area (Å²) in [4.78, 5) is 18.7. The SMILES string of the molecule is Cl.NC1CCN(CC(=O)NCCc2cccc3cccnc23)CC1. The van der Waals surface area contributed by atoms with Crippen LogP contribution >= 0.6 is 12.4 Å². The lowest BCUT2D eigenvalue weighted by Gasteiger charge is -2.29. The van der Waals surface area contributed by atoms with Crippen molar-refractivity contribution in [1.29, 1.82) is 0 Å². The molecule has 1 aromatic carbocycles. The van der Waals surface area contributed by atoms with Crippen molar-refractivity contribution in [2.45, 2.75) is 25.3 Å². The molecule has 2 aromatic rings. The fourth-order valence-electron chi connectivity index (χ4n) is 3.08. The minimum atomic E-state index is 0. The van der Waals surface area contributed by atoms with Gasteiger partial charge >= 0.3 is 0 Å². The maximum atomic E-state index is 12.0. The van der Waals surface area contributed by atoms with E-state index in [0.29, 0.717) is 19.1 Å². The predicted octanol–water partition coefficient (Wildman–Crippen LogP) is 1.74. The van der Waals surface area contributed by atoms with Crippen molar-refractivity contribution < 1.29 is 4.79 Å². The van der Waals surface area contributed by atoms with Crippen molar-refractivity contribution in [3.05, 3.63) is 42.1 Å². The molecule has 1 aliphatic heterocycles. The van der Waals surface area contributed by atoms with Crippen LogP contribution in [0.15, 0.2) is 36.5 Å². The zero-order valence-electron chi connectivity index (χ0n) is 13.8. The van der Waals surface area contributed by atoms with Gasteiger partial charge in [0.2, 0.25) is 5.91 Å². The van der Waals surface area contributed by atoms with E-state index >= 15 is 0 Å². The topological polar surface area (TPSA) is 71.2 Å². The summed E-state index contributed by atoms with van der Waals surface area (Å²) in [7, 11) is 0. The average Bonchev–Trinajstić information content (AvgIpc) is 2.57. The number of hydrogen-bond donors (Lipinski definition) is 2. The Morgan fingerprint density at radius 3 is 2.79 bits per heavy atom. The molecule has 3 N–H and O–H groups in total. The second-order valence-electron chi connectivity index (χ2n) is 6.21. The summed E-state index contributed by atoms with van der Waals surface area (Å²) >= 11 is 0. The van der Waals surface area contributed by atoms with Crippen LogP contribution in [-0.4, -0.2) is 48.0 Å². The lowest BCUT2D eigenvalue weighted by atomic mass is 10.1. The van der Waals surface area contributed by atoms with Gasteiger partial charge in [0.1, 0.15) is 0 Å². The number of carbonyl (C=O) groups is 1. The third kappa shape index (κ3) is 4.90. The maximum absolute atomic E-state index is 12.0. The molecule has 1 amide bonds. The van der Waals surface area contributed by atoms with Crippen LogP contribution in [0.25, 0.3) is 10.9 Å². The molecule has 0 aliphatic carbocycles. The Morgan fingerprint density at radius 2 is 2.00 bits per heavy atom. The monoisotopic (exact) mass is 348 g/mol. The summed E-state index contributed by atoms with van der Waals surface area (Å²) in [5.74, 6) is 0.0914. The largest absolute Gasteiger partial charge is 0.355 e. The maximum Gasteiger partial charge on any atom is 0.234 e. The van der Waals surface area contributed by atoms with Crippen LogP contribution < -0.4 is 11.1 Å². The van der Waals surface area contributed by atoms with Crippen molar-refractivity contribution in [2.24, 2.45) is 5.73 Å². The number of amides is 1. The standard InChI is InChI=1S/C18H24N4O.ClH/c19-16-7-11-22(12-8-16)13-17(23)20-10-6-15-4-1-3-14-5-2-9-21-18(14)15;/h1-5,9,16H,6-8,10-13,19H2,(H,20,23);1H. The Hall–Kier alpha value is -1.69.